The molecule has 0 bridgehead atoms. The van der Waals surface area contributed by atoms with Gasteiger partial charge < -0.3 is 0 Å². The van der Waals surface area contributed by atoms with Crippen LogP contribution in [0.1, 0.15) is 5.56 Å². The molecule has 1 heterocycles. The van der Waals surface area contributed by atoms with Crippen LogP contribution in [-0.4, -0.2) is 9.55 Å². The Kier molecular flexibility index (Phi) is 3.90. The Morgan fingerprint density at radius 2 is 2.00 bits per heavy atom. The molecular formula is C11H6Cl3FN2O. The molecule has 0 amide bonds. The van der Waals surface area contributed by atoms with Crippen molar-refractivity contribution in [2.45, 2.75) is 6.54 Å². The fourth-order valence-electron chi connectivity index (χ4n) is 1.41. The molecule has 0 atom stereocenters. The molecule has 0 fully saturated rings. The number of nitrogens with zero attached hydrogens (tertiary/aromatic N) is 2. The first-order valence-corrected chi connectivity index (χ1v) is 5.97. The minimum absolute atomic E-state index is 0.00595. The summed E-state index contributed by atoms with van der Waals surface area (Å²) >= 11 is 16.9. The molecule has 7 heteroatoms. The Morgan fingerprint density at radius 1 is 1.28 bits per heavy atom. The highest BCUT2D eigenvalue weighted by Gasteiger charge is 2.11. The summed E-state index contributed by atoms with van der Waals surface area (Å²) in [7, 11) is 0. The van der Waals surface area contributed by atoms with Crippen molar-refractivity contribution in [2.24, 2.45) is 0 Å². The third kappa shape index (κ3) is 2.51. The van der Waals surface area contributed by atoms with E-state index in [0.29, 0.717) is 0 Å². The predicted octanol–water partition coefficient (Wildman–Crippen LogP) is 3.39. The maximum absolute atomic E-state index is 13.7. The van der Waals surface area contributed by atoms with Crippen molar-refractivity contribution in [1.82, 2.24) is 9.55 Å². The van der Waals surface area contributed by atoms with Gasteiger partial charge >= 0.3 is 0 Å². The van der Waals surface area contributed by atoms with Crippen LogP contribution < -0.4 is 5.56 Å². The average Bonchev–Trinajstić information content (AvgIpc) is 2.35. The number of benzene rings is 1. The summed E-state index contributed by atoms with van der Waals surface area (Å²) in [4.78, 5) is 15.5. The zero-order chi connectivity index (χ0) is 13.3. The largest absolute Gasteiger partial charge is 0.293 e. The Bertz CT molecular complexity index is 657. The van der Waals surface area contributed by atoms with Crippen LogP contribution in [0.4, 0.5) is 4.39 Å². The van der Waals surface area contributed by atoms with Gasteiger partial charge in [0.2, 0.25) is 0 Å². The maximum Gasteiger partial charge on any atom is 0.273 e. The van der Waals surface area contributed by atoms with E-state index in [9.17, 15) is 9.18 Å². The van der Waals surface area contributed by atoms with Crippen molar-refractivity contribution < 1.29 is 4.39 Å². The van der Waals surface area contributed by atoms with Gasteiger partial charge in [-0.2, -0.15) is 0 Å². The van der Waals surface area contributed by atoms with Gasteiger partial charge in [-0.1, -0.05) is 46.9 Å². The molecule has 3 nitrogen and oxygen atoms in total. The topological polar surface area (TPSA) is 34.9 Å². The summed E-state index contributed by atoms with van der Waals surface area (Å²) in [5.41, 5.74) is -0.263. The molecule has 94 valence electrons. The van der Waals surface area contributed by atoms with E-state index in [1.54, 1.807) is 6.07 Å². The second kappa shape index (κ2) is 5.26. The van der Waals surface area contributed by atoms with Gasteiger partial charge in [-0.3, -0.25) is 9.36 Å². The minimum Gasteiger partial charge on any atom is -0.293 e. The molecule has 1 aromatic carbocycles. The fraction of sp³-hybridized carbons (Fsp3) is 0.0909. The van der Waals surface area contributed by atoms with Crippen LogP contribution in [0.3, 0.4) is 0 Å². The Balaban J connectivity index is 2.44. The third-order valence-electron chi connectivity index (χ3n) is 2.31. The van der Waals surface area contributed by atoms with Gasteiger partial charge in [-0.15, -0.1) is 0 Å². The SMILES string of the molecule is O=c1c(Cl)c(Cl)ncn1Cc1cccc(Cl)c1F. The molecule has 18 heavy (non-hydrogen) atoms. The molecule has 0 aliphatic carbocycles. The quantitative estimate of drug-likeness (QED) is 0.797. The van der Waals surface area contributed by atoms with Crippen molar-refractivity contribution in [3.8, 4) is 0 Å². The van der Waals surface area contributed by atoms with E-state index < -0.39 is 11.4 Å². The molecule has 0 N–H and O–H groups in total. The lowest BCUT2D eigenvalue weighted by Crippen LogP contribution is -2.22. The van der Waals surface area contributed by atoms with Crippen LogP contribution in [0.5, 0.6) is 0 Å². The van der Waals surface area contributed by atoms with E-state index in [1.807, 2.05) is 0 Å². The molecule has 1 aromatic heterocycles. The Hall–Kier alpha value is -1.10. The predicted molar refractivity (Wildman–Crippen MR) is 69.0 cm³/mol. The highest BCUT2D eigenvalue weighted by Crippen LogP contribution is 2.19. The lowest BCUT2D eigenvalue weighted by molar-refractivity contribution is 0.594. The van der Waals surface area contributed by atoms with Gasteiger partial charge in [0.05, 0.1) is 17.9 Å². The molecule has 0 radical (unpaired) electrons. The lowest BCUT2D eigenvalue weighted by Gasteiger charge is -2.07. The van der Waals surface area contributed by atoms with E-state index in [0.717, 1.165) is 4.57 Å². The summed E-state index contributed by atoms with van der Waals surface area (Å²) in [5.74, 6) is -0.572. The molecule has 0 spiro atoms. The van der Waals surface area contributed by atoms with Gasteiger partial charge in [0.25, 0.3) is 5.56 Å². The molecule has 0 unspecified atom stereocenters. The molecule has 0 saturated heterocycles. The standard InChI is InChI=1S/C11H6Cl3FN2O/c12-7-3-1-2-6(9(7)15)4-17-5-16-10(14)8(13)11(17)18/h1-3,5H,4H2. The highest BCUT2D eigenvalue weighted by molar-refractivity contribution is 6.40. The van der Waals surface area contributed by atoms with E-state index in [2.05, 4.69) is 4.98 Å². The second-order valence-electron chi connectivity index (χ2n) is 3.50. The van der Waals surface area contributed by atoms with Gasteiger partial charge in [-0.25, -0.2) is 9.37 Å². The molecule has 0 aliphatic heterocycles. The van der Waals surface area contributed by atoms with Crippen LogP contribution in [0.2, 0.25) is 15.2 Å². The fourth-order valence-corrected chi connectivity index (χ4v) is 1.89. The highest BCUT2D eigenvalue weighted by atomic mass is 35.5. The van der Waals surface area contributed by atoms with Crippen molar-refractivity contribution in [1.29, 1.82) is 0 Å². The third-order valence-corrected chi connectivity index (χ3v) is 3.33. The molecular weight excluding hydrogens is 301 g/mol. The van der Waals surface area contributed by atoms with Crippen LogP contribution in [-0.2, 0) is 6.54 Å². The lowest BCUT2D eigenvalue weighted by atomic mass is 10.2. The van der Waals surface area contributed by atoms with E-state index in [4.69, 9.17) is 34.8 Å². The van der Waals surface area contributed by atoms with Crippen LogP contribution in [0.15, 0.2) is 29.3 Å². The summed E-state index contributed by atoms with van der Waals surface area (Å²) in [6.07, 6.45) is 1.21. The zero-order valence-corrected chi connectivity index (χ0v) is 11.1. The van der Waals surface area contributed by atoms with Crippen LogP contribution in [0, 0.1) is 5.82 Å². The molecule has 0 saturated carbocycles. The average molecular weight is 308 g/mol. The van der Waals surface area contributed by atoms with Crippen molar-refractivity contribution in [2.75, 3.05) is 0 Å². The molecule has 2 rings (SSSR count). The number of rotatable bonds is 2. The van der Waals surface area contributed by atoms with Gasteiger partial charge in [0.15, 0.2) is 5.15 Å². The van der Waals surface area contributed by atoms with Crippen molar-refractivity contribution in [3.05, 3.63) is 61.5 Å². The van der Waals surface area contributed by atoms with Crippen molar-refractivity contribution in [3.63, 3.8) is 0 Å². The normalized spacial score (nSPS) is 10.7. The van der Waals surface area contributed by atoms with Gasteiger partial charge in [-0.05, 0) is 6.07 Å². The number of hydrogen-bond donors (Lipinski definition) is 0. The van der Waals surface area contributed by atoms with E-state index in [-0.39, 0.29) is 27.3 Å². The first kappa shape index (κ1) is 13.3. The summed E-state index contributed by atoms with van der Waals surface area (Å²) in [6.45, 7) is -0.0187. The number of aromatic nitrogens is 2. The van der Waals surface area contributed by atoms with Gasteiger partial charge in [0.1, 0.15) is 10.8 Å². The second-order valence-corrected chi connectivity index (χ2v) is 4.64. The summed E-state index contributed by atoms with van der Waals surface area (Å²) in [5, 5.41) is -0.278. The van der Waals surface area contributed by atoms with Crippen LogP contribution >= 0.6 is 34.8 Å². The molecule has 0 aliphatic rings. The zero-order valence-electron chi connectivity index (χ0n) is 8.83. The summed E-state index contributed by atoms with van der Waals surface area (Å²) in [6, 6.07) is 4.54. The Morgan fingerprint density at radius 3 is 2.72 bits per heavy atom. The maximum atomic E-state index is 13.7. The summed E-state index contributed by atoms with van der Waals surface area (Å²) < 4.78 is 14.8. The van der Waals surface area contributed by atoms with Gasteiger partial charge in [0, 0.05) is 5.56 Å². The first-order chi connectivity index (χ1) is 8.50. The first-order valence-electron chi connectivity index (χ1n) is 4.84. The smallest absolute Gasteiger partial charge is 0.273 e. The number of hydrogen-bond acceptors (Lipinski definition) is 2. The van der Waals surface area contributed by atoms with E-state index >= 15 is 0 Å². The van der Waals surface area contributed by atoms with Crippen LogP contribution in [0.25, 0.3) is 0 Å². The Labute approximate surface area is 117 Å². The molecule has 2 aromatic rings. The minimum atomic E-state index is -0.572. The monoisotopic (exact) mass is 306 g/mol. The van der Waals surface area contributed by atoms with E-state index in [1.165, 1.54) is 18.5 Å². The van der Waals surface area contributed by atoms with Crippen molar-refractivity contribution >= 4 is 34.8 Å². The number of halogens is 4.